The Morgan fingerprint density at radius 1 is 0.825 bits per heavy atom. The van der Waals surface area contributed by atoms with Gasteiger partial charge in [0.05, 0.1) is 45.1 Å². The van der Waals surface area contributed by atoms with Crippen LogP contribution < -0.4 is 28.6 Å². The van der Waals surface area contributed by atoms with Gasteiger partial charge in [-0.25, -0.2) is 8.42 Å². The second-order valence-corrected chi connectivity index (χ2v) is 11.5. The topological polar surface area (TPSA) is 103 Å². The number of carbonyl (C=O) groups is 1. The number of rotatable bonds is 11. The highest BCUT2D eigenvalue weighted by Gasteiger charge is 2.31. The number of carbonyl (C=O) groups excluding carboxylic acids is 1. The molecule has 1 aliphatic carbocycles. The van der Waals surface area contributed by atoms with Gasteiger partial charge in [0, 0.05) is 12.1 Å². The largest absolute Gasteiger partial charge is 0.497 e. The maximum atomic E-state index is 14.1. The molecule has 1 aliphatic rings. The summed E-state index contributed by atoms with van der Waals surface area (Å²) in [5, 5.41) is 2.97. The summed E-state index contributed by atoms with van der Waals surface area (Å²) in [6.45, 7) is 1.40. The smallest absolute Gasteiger partial charge is 0.265 e. The van der Waals surface area contributed by atoms with E-state index in [4.69, 9.17) is 18.9 Å². The molecule has 40 heavy (non-hydrogen) atoms. The summed E-state index contributed by atoms with van der Waals surface area (Å²) >= 11 is 0. The number of benzene rings is 3. The fourth-order valence-electron chi connectivity index (χ4n) is 4.92. The number of hydrogen-bond acceptors (Lipinski definition) is 7. The zero-order valence-electron chi connectivity index (χ0n) is 23.5. The molecule has 1 amide bonds. The van der Waals surface area contributed by atoms with E-state index in [0.717, 1.165) is 29.1 Å². The predicted octanol–water partition coefficient (Wildman–Crippen LogP) is 4.67. The fraction of sp³-hybridized carbons (Fsp3) is 0.367. The van der Waals surface area contributed by atoms with Gasteiger partial charge in [0.15, 0.2) is 11.5 Å². The van der Waals surface area contributed by atoms with Crippen molar-refractivity contribution in [2.75, 3.05) is 39.3 Å². The zero-order valence-corrected chi connectivity index (χ0v) is 24.3. The molecule has 9 nitrogen and oxygen atoms in total. The summed E-state index contributed by atoms with van der Waals surface area (Å²) in [4.78, 5) is 13.3. The quantitative estimate of drug-likeness (QED) is 0.359. The molecule has 1 atom stereocenters. The zero-order chi connectivity index (χ0) is 28.9. The summed E-state index contributed by atoms with van der Waals surface area (Å²) < 4.78 is 50.6. The SMILES string of the molecule is COc1ccc(OC)c(N(CC(=O)N[C@H](C)c2ccc3c(c2)CCCC3)S(=O)(=O)c2ccc(OC)c(OC)c2)c1. The average Bonchev–Trinajstić information content (AvgIpc) is 2.98. The third-order valence-electron chi connectivity index (χ3n) is 7.13. The molecular formula is C30H36N2O7S. The minimum absolute atomic E-state index is 0.0782. The molecule has 0 fully saturated rings. The molecule has 0 saturated carbocycles. The summed E-state index contributed by atoms with van der Waals surface area (Å²) in [6, 6.07) is 15.0. The van der Waals surface area contributed by atoms with Gasteiger partial charge in [0.1, 0.15) is 18.0 Å². The lowest BCUT2D eigenvalue weighted by Gasteiger charge is -2.27. The van der Waals surface area contributed by atoms with E-state index in [2.05, 4.69) is 17.4 Å². The van der Waals surface area contributed by atoms with Crippen molar-refractivity contribution in [3.05, 3.63) is 71.3 Å². The molecule has 0 spiro atoms. The van der Waals surface area contributed by atoms with E-state index in [1.54, 1.807) is 12.1 Å². The van der Waals surface area contributed by atoms with Crippen LogP contribution in [0.3, 0.4) is 0 Å². The molecular weight excluding hydrogens is 532 g/mol. The number of nitrogens with zero attached hydrogens (tertiary/aromatic N) is 1. The predicted molar refractivity (Wildman–Crippen MR) is 153 cm³/mol. The molecule has 0 heterocycles. The van der Waals surface area contributed by atoms with Crippen molar-refractivity contribution in [2.45, 2.75) is 43.5 Å². The van der Waals surface area contributed by atoms with Gasteiger partial charge in [-0.15, -0.1) is 0 Å². The van der Waals surface area contributed by atoms with Crippen molar-refractivity contribution in [1.82, 2.24) is 5.32 Å². The van der Waals surface area contributed by atoms with Gasteiger partial charge in [0.2, 0.25) is 5.91 Å². The third kappa shape index (κ3) is 6.12. The molecule has 0 bridgehead atoms. The van der Waals surface area contributed by atoms with Crippen LogP contribution in [0.15, 0.2) is 59.5 Å². The maximum Gasteiger partial charge on any atom is 0.265 e. The number of anilines is 1. The van der Waals surface area contributed by atoms with Gasteiger partial charge < -0.3 is 24.3 Å². The number of methoxy groups -OCH3 is 4. The molecule has 1 N–H and O–H groups in total. The first-order valence-electron chi connectivity index (χ1n) is 13.1. The Hall–Kier alpha value is -3.92. The lowest BCUT2D eigenvalue weighted by atomic mass is 9.89. The standard InChI is InChI=1S/C30H36N2O7S/c1-20(22-11-10-21-8-6-7-9-23(21)16-22)31-30(33)19-32(26-17-24(36-2)12-14-27(26)37-3)40(34,35)25-13-15-28(38-4)29(18-25)39-5/h10-18,20H,6-9,19H2,1-5H3,(H,31,33)/t20-/m1/s1. The Labute approximate surface area is 236 Å². The molecule has 0 unspecified atom stereocenters. The highest BCUT2D eigenvalue weighted by Crippen LogP contribution is 2.37. The Balaban J connectivity index is 1.69. The normalized spacial score (nSPS) is 13.5. The lowest BCUT2D eigenvalue weighted by Crippen LogP contribution is -2.41. The molecule has 0 radical (unpaired) electrons. The molecule has 0 saturated heterocycles. The van der Waals surface area contributed by atoms with Gasteiger partial charge in [-0.1, -0.05) is 18.2 Å². The van der Waals surface area contributed by atoms with Crippen LogP contribution in [0.25, 0.3) is 0 Å². The van der Waals surface area contributed by atoms with Crippen LogP contribution in [0.5, 0.6) is 23.0 Å². The van der Waals surface area contributed by atoms with E-state index in [1.807, 2.05) is 13.0 Å². The highest BCUT2D eigenvalue weighted by molar-refractivity contribution is 7.92. The number of fused-ring (bicyclic) bond motifs is 1. The van der Waals surface area contributed by atoms with Crippen molar-refractivity contribution >= 4 is 21.6 Å². The van der Waals surface area contributed by atoms with Gasteiger partial charge in [-0.2, -0.15) is 0 Å². The molecule has 10 heteroatoms. The summed E-state index contributed by atoms with van der Waals surface area (Å²) in [7, 11) is 1.53. The van der Waals surface area contributed by atoms with Crippen molar-refractivity contribution < 1.29 is 32.2 Å². The summed E-state index contributed by atoms with van der Waals surface area (Å²) in [5.41, 5.74) is 3.80. The summed E-state index contributed by atoms with van der Waals surface area (Å²) in [5.74, 6) is 0.820. The molecule has 0 aromatic heterocycles. The van der Waals surface area contributed by atoms with Crippen LogP contribution in [-0.4, -0.2) is 49.3 Å². The second-order valence-electron chi connectivity index (χ2n) is 9.59. The van der Waals surface area contributed by atoms with E-state index in [0.29, 0.717) is 11.5 Å². The number of nitrogens with one attached hydrogen (secondary N) is 1. The first kappa shape index (κ1) is 29.1. The van der Waals surface area contributed by atoms with E-state index >= 15 is 0 Å². The van der Waals surface area contributed by atoms with Gasteiger partial charge >= 0.3 is 0 Å². The van der Waals surface area contributed by atoms with Gasteiger partial charge in [-0.05, 0) is 73.6 Å². The molecule has 3 aromatic carbocycles. The Morgan fingerprint density at radius 3 is 2.17 bits per heavy atom. The monoisotopic (exact) mass is 568 g/mol. The first-order valence-corrected chi connectivity index (χ1v) is 14.5. The molecule has 0 aliphatic heterocycles. The van der Waals surface area contributed by atoms with Crippen LogP contribution in [-0.2, 0) is 27.7 Å². The molecule has 4 rings (SSSR count). The van der Waals surface area contributed by atoms with E-state index < -0.39 is 22.5 Å². The van der Waals surface area contributed by atoms with Gasteiger partial charge in [0.25, 0.3) is 10.0 Å². The van der Waals surface area contributed by atoms with Crippen LogP contribution in [0.4, 0.5) is 5.69 Å². The van der Waals surface area contributed by atoms with Crippen molar-refractivity contribution in [3.63, 3.8) is 0 Å². The lowest BCUT2D eigenvalue weighted by molar-refractivity contribution is -0.120. The minimum atomic E-state index is -4.28. The van der Waals surface area contributed by atoms with Crippen molar-refractivity contribution in [3.8, 4) is 23.0 Å². The minimum Gasteiger partial charge on any atom is -0.497 e. The van der Waals surface area contributed by atoms with E-state index in [9.17, 15) is 13.2 Å². The van der Waals surface area contributed by atoms with E-state index in [1.165, 1.54) is 70.3 Å². The van der Waals surface area contributed by atoms with Crippen LogP contribution >= 0.6 is 0 Å². The Kier molecular flexibility index (Phi) is 9.09. The molecule has 3 aromatic rings. The number of ether oxygens (including phenoxy) is 4. The van der Waals surface area contributed by atoms with Gasteiger partial charge in [-0.3, -0.25) is 9.10 Å². The van der Waals surface area contributed by atoms with Crippen LogP contribution in [0, 0.1) is 0 Å². The Morgan fingerprint density at radius 2 is 1.50 bits per heavy atom. The highest BCUT2D eigenvalue weighted by atomic mass is 32.2. The van der Waals surface area contributed by atoms with E-state index in [-0.39, 0.29) is 28.1 Å². The Bertz CT molecular complexity index is 1470. The summed E-state index contributed by atoms with van der Waals surface area (Å²) in [6.07, 6.45) is 4.44. The average molecular weight is 569 g/mol. The fourth-order valence-corrected chi connectivity index (χ4v) is 6.36. The van der Waals surface area contributed by atoms with Crippen LogP contribution in [0.2, 0.25) is 0 Å². The second kappa shape index (κ2) is 12.5. The number of aryl methyl sites for hydroxylation is 2. The van der Waals surface area contributed by atoms with Crippen molar-refractivity contribution in [1.29, 1.82) is 0 Å². The number of hydrogen-bond donors (Lipinski definition) is 1. The first-order chi connectivity index (χ1) is 19.2. The molecule has 214 valence electrons. The van der Waals surface area contributed by atoms with Crippen LogP contribution in [0.1, 0.15) is 42.5 Å². The number of sulfonamides is 1. The maximum absolute atomic E-state index is 14.1. The third-order valence-corrected chi connectivity index (χ3v) is 8.89. The number of amides is 1. The van der Waals surface area contributed by atoms with Crippen molar-refractivity contribution in [2.24, 2.45) is 0 Å².